The topological polar surface area (TPSA) is 111 Å². The van der Waals surface area contributed by atoms with Crippen LogP contribution in [0, 0.1) is 0 Å². The molecule has 0 unspecified atom stereocenters. The molecule has 0 atom stereocenters. The molecule has 0 spiro atoms. The number of carboxylic acids is 1. The van der Waals surface area contributed by atoms with Gasteiger partial charge in [0.05, 0.1) is 58.4 Å². The van der Waals surface area contributed by atoms with Gasteiger partial charge in [-0.15, -0.1) is 0 Å². The number of hydrogen-bond donors (Lipinski definition) is 1. The Hall–Kier alpha value is -4.09. The minimum atomic E-state index is -1.07. The summed E-state index contributed by atoms with van der Waals surface area (Å²) in [7, 11) is 0. The Balaban J connectivity index is 1.20. The Morgan fingerprint density at radius 2 is 0.860 bits per heavy atom. The zero-order chi connectivity index (χ0) is 29.7. The fraction of sp³-hybridized carbons (Fsp3) is 0.364. The molecule has 0 radical (unpaired) electrons. The molecule has 4 aromatic carbocycles. The second-order valence-electron chi connectivity index (χ2n) is 9.69. The van der Waals surface area contributed by atoms with E-state index < -0.39 is 5.97 Å². The van der Waals surface area contributed by atoms with Crippen LogP contribution in [0.3, 0.4) is 0 Å². The number of ether oxygens (including phenoxy) is 8. The molecule has 0 aromatic heterocycles. The van der Waals surface area contributed by atoms with Crippen LogP contribution in [-0.2, 0) is 18.9 Å². The van der Waals surface area contributed by atoms with Crippen molar-refractivity contribution < 1.29 is 47.8 Å². The van der Waals surface area contributed by atoms with Crippen LogP contribution < -0.4 is 18.9 Å². The van der Waals surface area contributed by atoms with Gasteiger partial charge in [-0.2, -0.15) is 0 Å². The molecule has 1 heterocycles. The third kappa shape index (κ3) is 9.20. The Bertz CT molecular complexity index is 1390. The van der Waals surface area contributed by atoms with Gasteiger partial charge < -0.3 is 43.0 Å². The molecule has 2 bridgehead atoms. The van der Waals surface area contributed by atoms with Crippen molar-refractivity contribution in [1.29, 1.82) is 0 Å². The molecule has 0 saturated heterocycles. The highest BCUT2D eigenvalue weighted by Gasteiger charge is 2.11. The van der Waals surface area contributed by atoms with Crippen LogP contribution >= 0.6 is 0 Å². The van der Waals surface area contributed by atoms with Crippen LogP contribution in [0.1, 0.15) is 10.4 Å². The van der Waals surface area contributed by atoms with E-state index in [0.717, 1.165) is 21.5 Å². The summed E-state index contributed by atoms with van der Waals surface area (Å²) in [6.07, 6.45) is 0. The Morgan fingerprint density at radius 1 is 0.465 bits per heavy atom. The van der Waals surface area contributed by atoms with Gasteiger partial charge in [-0.05, 0) is 57.9 Å². The average molecular weight is 593 g/mol. The molecule has 0 amide bonds. The van der Waals surface area contributed by atoms with Crippen molar-refractivity contribution in [2.24, 2.45) is 0 Å². The van der Waals surface area contributed by atoms with Gasteiger partial charge in [-0.3, -0.25) is 0 Å². The van der Waals surface area contributed by atoms with Crippen molar-refractivity contribution in [2.45, 2.75) is 0 Å². The zero-order valence-electron chi connectivity index (χ0n) is 24.0. The molecule has 0 saturated carbocycles. The van der Waals surface area contributed by atoms with Crippen molar-refractivity contribution >= 4 is 27.5 Å². The van der Waals surface area contributed by atoms with E-state index in [4.69, 9.17) is 37.9 Å². The summed E-state index contributed by atoms with van der Waals surface area (Å²) < 4.78 is 46.1. The summed E-state index contributed by atoms with van der Waals surface area (Å²) in [5, 5.41) is 13.9. The summed E-state index contributed by atoms with van der Waals surface area (Å²) in [6.45, 7) is 4.10. The van der Waals surface area contributed by atoms with Gasteiger partial charge >= 0.3 is 5.97 Å². The molecule has 0 fully saturated rings. The first-order valence-corrected chi connectivity index (χ1v) is 14.3. The number of fused-ring (bicyclic) bond motifs is 5. The highest BCUT2D eigenvalue weighted by molar-refractivity contribution is 5.99. The van der Waals surface area contributed by atoms with E-state index in [1.165, 1.54) is 12.1 Å². The van der Waals surface area contributed by atoms with Crippen LogP contribution in [0.4, 0.5) is 0 Å². The minimum absolute atomic E-state index is 0.0709. The van der Waals surface area contributed by atoms with Gasteiger partial charge in [0.15, 0.2) is 11.5 Å². The quantitative estimate of drug-likeness (QED) is 0.304. The maximum Gasteiger partial charge on any atom is 0.335 e. The molecule has 1 aliphatic heterocycles. The lowest BCUT2D eigenvalue weighted by Gasteiger charge is -2.15. The van der Waals surface area contributed by atoms with Crippen LogP contribution in [0.2, 0.25) is 0 Å². The second-order valence-corrected chi connectivity index (χ2v) is 9.69. The first-order valence-electron chi connectivity index (χ1n) is 14.3. The molecule has 43 heavy (non-hydrogen) atoms. The normalized spacial score (nSPS) is 16.7. The number of carboxylic acid groups (broad SMARTS) is 1. The summed E-state index contributed by atoms with van der Waals surface area (Å²) >= 11 is 0. The Labute approximate surface area is 249 Å². The minimum Gasteiger partial charge on any atom is -0.491 e. The molecule has 10 nitrogen and oxygen atoms in total. The zero-order valence-corrected chi connectivity index (χ0v) is 24.0. The van der Waals surface area contributed by atoms with Gasteiger partial charge in [0.2, 0.25) is 0 Å². The van der Waals surface area contributed by atoms with Gasteiger partial charge in [-0.1, -0.05) is 24.3 Å². The Morgan fingerprint density at radius 3 is 1.28 bits per heavy atom. The molecule has 5 rings (SSSR count). The number of hydrogen-bond acceptors (Lipinski definition) is 9. The lowest BCUT2D eigenvalue weighted by Crippen LogP contribution is -2.14. The average Bonchev–Trinajstić information content (AvgIpc) is 3.01. The van der Waals surface area contributed by atoms with E-state index in [1.54, 1.807) is 6.07 Å². The predicted molar refractivity (Wildman–Crippen MR) is 160 cm³/mol. The molecule has 10 heteroatoms. The summed E-state index contributed by atoms with van der Waals surface area (Å²) in [5.74, 6) is 0.983. The van der Waals surface area contributed by atoms with E-state index in [9.17, 15) is 9.90 Å². The maximum atomic E-state index is 11.5. The molecule has 1 aliphatic rings. The van der Waals surface area contributed by atoms with E-state index in [1.807, 2.05) is 24.3 Å². The number of carbonyl (C=O) groups is 1. The number of aromatic carboxylic acids is 1. The second kappa shape index (κ2) is 15.9. The standard InChI is InChI=1S/C33H36O10/c34-33(35)28-19-29-23-30(20-28)41-14-10-37-6-8-39-12-16-43-32-22-27-18-25-4-2-1-3-24(25)17-26(27)21-31(32)42-15-11-38-7-5-36-9-13-40-29/h1-4,17-23H,5-16H2,(H,34,35). The van der Waals surface area contributed by atoms with E-state index >= 15 is 0 Å². The molecular formula is C33H36O10. The fourth-order valence-corrected chi connectivity index (χ4v) is 4.54. The van der Waals surface area contributed by atoms with Crippen LogP contribution in [0.5, 0.6) is 23.0 Å². The molecule has 0 aliphatic carbocycles. The maximum absolute atomic E-state index is 11.5. The van der Waals surface area contributed by atoms with E-state index in [0.29, 0.717) is 89.1 Å². The largest absolute Gasteiger partial charge is 0.491 e. The van der Waals surface area contributed by atoms with Crippen molar-refractivity contribution in [3.8, 4) is 23.0 Å². The van der Waals surface area contributed by atoms with Gasteiger partial charge in [-0.25, -0.2) is 4.79 Å². The smallest absolute Gasteiger partial charge is 0.335 e. The third-order valence-corrected chi connectivity index (χ3v) is 6.60. The molecule has 228 valence electrons. The van der Waals surface area contributed by atoms with Crippen molar-refractivity contribution in [1.82, 2.24) is 0 Å². The Kier molecular flexibility index (Phi) is 11.3. The van der Waals surface area contributed by atoms with Crippen LogP contribution in [-0.4, -0.2) is 90.4 Å². The highest BCUT2D eigenvalue weighted by atomic mass is 16.6. The first-order chi connectivity index (χ1) is 21.2. The summed E-state index contributed by atoms with van der Waals surface area (Å²) in [4.78, 5) is 11.5. The summed E-state index contributed by atoms with van der Waals surface area (Å²) in [6, 6.07) is 21.1. The molecule has 1 N–H and O–H groups in total. The van der Waals surface area contributed by atoms with Crippen molar-refractivity contribution in [2.75, 3.05) is 79.3 Å². The van der Waals surface area contributed by atoms with Gasteiger partial charge in [0.25, 0.3) is 0 Å². The van der Waals surface area contributed by atoms with Gasteiger partial charge in [0, 0.05) is 6.07 Å². The monoisotopic (exact) mass is 592 g/mol. The van der Waals surface area contributed by atoms with Gasteiger partial charge in [0.1, 0.15) is 37.9 Å². The highest BCUT2D eigenvalue weighted by Crippen LogP contribution is 2.35. The van der Waals surface area contributed by atoms with Crippen LogP contribution in [0.15, 0.2) is 66.7 Å². The van der Waals surface area contributed by atoms with Crippen molar-refractivity contribution in [3.63, 3.8) is 0 Å². The number of rotatable bonds is 1. The summed E-state index contributed by atoms with van der Waals surface area (Å²) in [5.41, 5.74) is 0.0709. The predicted octanol–water partition coefficient (Wildman–Crippen LogP) is 4.99. The van der Waals surface area contributed by atoms with E-state index in [2.05, 4.69) is 24.3 Å². The lowest BCUT2D eigenvalue weighted by molar-refractivity contribution is 0.0254. The number of benzene rings is 4. The molecular weight excluding hydrogens is 556 g/mol. The van der Waals surface area contributed by atoms with E-state index in [-0.39, 0.29) is 18.8 Å². The van der Waals surface area contributed by atoms with Crippen molar-refractivity contribution in [3.05, 3.63) is 72.3 Å². The third-order valence-electron chi connectivity index (χ3n) is 6.60. The fourth-order valence-electron chi connectivity index (χ4n) is 4.54. The lowest BCUT2D eigenvalue weighted by atomic mass is 10.0. The van der Waals surface area contributed by atoms with Crippen LogP contribution in [0.25, 0.3) is 21.5 Å². The molecule has 4 aromatic rings. The first kappa shape index (κ1) is 30.4. The SMILES string of the molecule is O=C(O)c1cc2cc(c1)OCCOCCOCCOc1cc3cc4ccccc4cc3cc1OCCOCCOCCO2.